The molecule has 2 aromatic rings. The normalized spacial score (nSPS) is 20.8. The highest BCUT2D eigenvalue weighted by atomic mass is 32.1. The largest absolute Gasteiger partial charge is 0.376 e. The minimum absolute atomic E-state index is 0.0205. The third-order valence-electron chi connectivity index (χ3n) is 3.35. The number of benzene rings is 1. The van der Waals surface area contributed by atoms with Crippen LogP contribution in [0.2, 0.25) is 0 Å². The lowest BCUT2D eigenvalue weighted by Gasteiger charge is -2.27. The molecule has 20 heavy (non-hydrogen) atoms. The number of hydrogen-bond acceptors (Lipinski definition) is 5. The van der Waals surface area contributed by atoms with Gasteiger partial charge < -0.3 is 15.2 Å². The van der Waals surface area contributed by atoms with E-state index in [9.17, 15) is 0 Å². The van der Waals surface area contributed by atoms with Crippen molar-refractivity contribution in [3.8, 4) is 11.3 Å². The maximum atomic E-state index is 6.19. The Labute approximate surface area is 122 Å². The van der Waals surface area contributed by atoms with Gasteiger partial charge in [0.25, 0.3) is 0 Å². The second kappa shape index (κ2) is 6.45. The Hall–Kier alpha value is -1.27. The Morgan fingerprint density at radius 3 is 2.90 bits per heavy atom. The van der Waals surface area contributed by atoms with Crippen molar-refractivity contribution in [2.45, 2.75) is 18.6 Å². The molecule has 0 spiro atoms. The van der Waals surface area contributed by atoms with Crippen molar-refractivity contribution in [3.05, 3.63) is 40.7 Å². The first-order valence-corrected chi connectivity index (χ1v) is 7.65. The van der Waals surface area contributed by atoms with Crippen molar-refractivity contribution < 1.29 is 9.47 Å². The van der Waals surface area contributed by atoms with Crippen LogP contribution in [0.25, 0.3) is 11.3 Å². The van der Waals surface area contributed by atoms with Crippen molar-refractivity contribution in [2.24, 2.45) is 5.73 Å². The van der Waals surface area contributed by atoms with Crippen LogP contribution in [0.5, 0.6) is 0 Å². The van der Waals surface area contributed by atoms with Gasteiger partial charge in [0.05, 0.1) is 36.6 Å². The lowest BCUT2D eigenvalue weighted by atomic mass is 10.1. The highest BCUT2D eigenvalue weighted by Crippen LogP contribution is 2.22. The van der Waals surface area contributed by atoms with Gasteiger partial charge >= 0.3 is 0 Å². The van der Waals surface area contributed by atoms with Crippen LogP contribution in [-0.2, 0) is 15.9 Å². The lowest BCUT2D eigenvalue weighted by molar-refractivity contribution is -0.0967. The van der Waals surface area contributed by atoms with Gasteiger partial charge in [0, 0.05) is 23.4 Å². The molecule has 3 rings (SSSR count). The summed E-state index contributed by atoms with van der Waals surface area (Å²) in [6.07, 6.45) is 0.707. The molecule has 2 atom stereocenters. The van der Waals surface area contributed by atoms with E-state index in [-0.39, 0.29) is 12.1 Å². The minimum Gasteiger partial charge on any atom is -0.376 e. The number of rotatable bonds is 4. The molecule has 2 unspecified atom stereocenters. The predicted octanol–water partition coefficient (Wildman–Crippen LogP) is 2.10. The first-order valence-electron chi connectivity index (χ1n) is 6.77. The van der Waals surface area contributed by atoms with Gasteiger partial charge in [-0.3, -0.25) is 0 Å². The van der Waals surface area contributed by atoms with Gasteiger partial charge in [-0.05, 0) is 0 Å². The Kier molecular flexibility index (Phi) is 4.42. The van der Waals surface area contributed by atoms with Gasteiger partial charge in [0.2, 0.25) is 0 Å². The summed E-state index contributed by atoms with van der Waals surface area (Å²) in [4.78, 5) is 4.66. The van der Waals surface area contributed by atoms with E-state index in [0.717, 1.165) is 22.7 Å². The molecule has 5 heteroatoms. The van der Waals surface area contributed by atoms with Crippen LogP contribution >= 0.6 is 11.3 Å². The molecule has 0 aliphatic carbocycles. The molecule has 1 fully saturated rings. The van der Waals surface area contributed by atoms with Crippen LogP contribution in [0.4, 0.5) is 0 Å². The quantitative estimate of drug-likeness (QED) is 0.937. The molecule has 0 saturated carbocycles. The summed E-state index contributed by atoms with van der Waals surface area (Å²) >= 11 is 1.65. The van der Waals surface area contributed by atoms with Gasteiger partial charge in [0.15, 0.2) is 0 Å². The lowest BCUT2D eigenvalue weighted by Crippen LogP contribution is -2.44. The van der Waals surface area contributed by atoms with E-state index >= 15 is 0 Å². The SMILES string of the molecule is NC(Cc1nc(-c2ccccc2)cs1)C1COCCO1. The van der Waals surface area contributed by atoms with E-state index in [4.69, 9.17) is 15.2 Å². The molecule has 0 bridgehead atoms. The molecule has 0 amide bonds. The molecule has 1 saturated heterocycles. The first kappa shape index (κ1) is 13.7. The highest BCUT2D eigenvalue weighted by molar-refractivity contribution is 7.09. The molecular weight excluding hydrogens is 272 g/mol. The number of nitrogens with two attached hydrogens (primary N) is 1. The van der Waals surface area contributed by atoms with Crippen LogP contribution in [0, 0.1) is 0 Å². The third-order valence-corrected chi connectivity index (χ3v) is 4.22. The van der Waals surface area contributed by atoms with Gasteiger partial charge in [-0.25, -0.2) is 4.98 Å². The Bertz CT molecular complexity index is 538. The second-order valence-corrected chi connectivity index (χ2v) is 5.79. The number of nitrogens with zero attached hydrogens (tertiary/aromatic N) is 1. The summed E-state index contributed by atoms with van der Waals surface area (Å²) in [6, 6.07) is 10.1. The summed E-state index contributed by atoms with van der Waals surface area (Å²) in [7, 11) is 0. The van der Waals surface area contributed by atoms with Crippen LogP contribution in [-0.4, -0.2) is 37.0 Å². The molecule has 1 aromatic carbocycles. The van der Waals surface area contributed by atoms with Crippen molar-refractivity contribution in [3.63, 3.8) is 0 Å². The molecule has 1 aliphatic rings. The number of thiazole rings is 1. The number of aromatic nitrogens is 1. The number of ether oxygens (including phenoxy) is 2. The number of hydrogen-bond donors (Lipinski definition) is 1. The van der Waals surface area contributed by atoms with Crippen LogP contribution in [0.3, 0.4) is 0 Å². The monoisotopic (exact) mass is 290 g/mol. The topological polar surface area (TPSA) is 57.4 Å². The van der Waals surface area contributed by atoms with E-state index in [1.54, 1.807) is 11.3 Å². The van der Waals surface area contributed by atoms with Gasteiger partial charge in [0.1, 0.15) is 0 Å². The average molecular weight is 290 g/mol. The molecule has 2 heterocycles. The maximum absolute atomic E-state index is 6.19. The van der Waals surface area contributed by atoms with Crippen molar-refractivity contribution in [2.75, 3.05) is 19.8 Å². The van der Waals surface area contributed by atoms with E-state index in [1.165, 1.54) is 0 Å². The smallest absolute Gasteiger partial charge is 0.0964 e. The summed E-state index contributed by atoms with van der Waals surface area (Å²) in [5, 5.41) is 3.13. The fourth-order valence-electron chi connectivity index (χ4n) is 2.23. The van der Waals surface area contributed by atoms with E-state index in [0.29, 0.717) is 19.8 Å². The zero-order valence-corrected chi connectivity index (χ0v) is 12.0. The summed E-state index contributed by atoms with van der Waals surface area (Å²) in [5.74, 6) is 0. The molecule has 4 nitrogen and oxygen atoms in total. The summed E-state index contributed by atoms with van der Waals surface area (Å²) in [6.45, 7) is 1.88. The van der Waals surface area contributed by atoms with Crippen molar-refractivity contribution in [1.29, 1.82) is 0 Å². The molecule has 106 valence electrons. The van der Waals surface area contributed by atoms with Crippen LogP contribution in [0.1, 0.15) is 5.01 Å². The van der Waals surface area contributed by atoms with Gasteiger partial charge in [-0.2, -0.15) is 0 Å². The van der Waals surface area contributed by atoms with E-state index < -0.39 is 0 Å². The maximum Gasteiger partial charge on any atom is 0.0964 e. The Morgan fingerprint density at radius 2 is 2.15 bits per heavy atom. The Morgan fingerprint density at radius 1 is 1.30 bits per heavy atom. The standard InChI is InChI=1S/C15H18N2O2S/c16-12(14-9-18-6-7-19-14)8-15-17-13(10-20-15)11-4-2-1-3-5-11/h1-5,10,12,14H,6-9,16H2. The fourth-order valence-corrected chi connectivity index (χ4v) is 3.11. The van der Waals surface area contributed by atoms with Gasteiger partial charge in [-0.15, -0.1) is 11.3 Å². The zero-order valence-electron chi connectivity index (χ0n) is 11.2. The fraction of sp³-hybridized carbons (Fsp3) is 0.400. The van der Waals surface area contributed by atoms with E-state index in [2.05, 4.69) is 22.5 Å². The third kappa shape index (κ3) is 3.24. The minimum atomic E-state index is -0.0647. The summed E-state index contributed by atoms with van der Waals surface area (Å²) in [5.41, 5.74) is 8.34. The molecule has 2 N–H and O–H groups in total. The average Bonchev–Trinajstić information content (AvgIpc) is 2.97. The Balaban J connectivity index is 1.65. The second-order valence-electron chi connectivity index (χ2n) is 4.84. The predicted molar refractivity (Wildman–Crippen MR) is 79.8 cm³/mol. The molecular formula is C15H18N2O2S. The first-order chi connectivity index (χ1) is 9.83. The molecule has 0 radical (unpaired) electrons. The summed E-state index contributed by atoms with van der Waals surface area (Å²) < 4.78 is 11.0. The highest BCUT2D eigenvalue weighted by Gasteiger charge is 2.23. The zero-order chi connectivity index (χ0) is 13.8. The van der Waals surface area contributed by atoms with Crippen LogP contribution in [0.15, 0.2) is 35.7 Å². The van der Waals surface area contributed by atoms with Crippen molar-refractivity contribution >= 4 is 11.3 Å². The van der Waals surface area contributed by atoms with E-state index in [1.807, 2.05) is 18.2 Å². The van der Waals surface area contributed by atoms with Crippen LogP contribution < -0.4 is 5.73 Å². The molecule has 1 aromatic heterocycles. The van der Waals surface area contributed by atoms with Crippen molar-refractivity contribution in [1.82, 2.24) is 4.98 Å². The van der Waals surface area contributed by atoms with Gasteiger partial charge in [-0.1, -0.05) is 30.3 Å². The molecule has 1 aliphatic heterocycles.